The Bertz CT molecular complexity index is 126. The van der Waals surface area contributed by atoms with Gasteiger partial charge in [0.15, 0.2) is 0 Å². The van der Waals surface area contributed by atoms with Crippen LogP contribution in [-0.2, 0) is 0 Å². The van der Waals surface area contributed by atoms with Crippen LogP contribution in [-0.4, -0.2) is 26.2 Å². The molecule has 0 aliphatic heterocycles. The SMILES string of the molecule is CC(CN)CCC(C)CN.NCCCCCCN. The maximum atomic E-state index is 5.47. The summed E-state index contributed by atoms with van der Waals surface area (Å²) in [4.78, 5) is 0. The Hall–Kier alpha value is -0.160. The van der Waals surface area contributed by atoms with Crippen molar-refractivity contribution >= 4 is 0 Å². The molecule has 0 spiro atoms. The highest BCUT2D eigenvalue weighted by atomic mass is 14.6. The van der Waals surface area contributed by atoms with Gasteiger partial charge in [0.05, 0.1) is 0 Å². The van der Waals surface area contributed by atoms with Crippen molar-refractivity contribution in [2.45, 2.75) is 52.4 Å². The summed E-state index contributed by atoms with van der Waals surface area (Å²) < 4.78 is 0. The first-order valence-corrected chi connectivity index (χ1v) is 7.42. The molecule has 0 aromatic carbocycles. The second-order valence-electron chi connectivity index (χ2n) is 5.25. The fourth-order valence-electron chi connectivity index (χ4n) is 1.45. The van der Waals surface area contributed by atoms with E-state index in [9.17, 15) is 0 Å². The van der Waals surface area contributed by atoms with Gasteiger partial charge in [-0.15, -0.1) is 0 Å². The lowest BCUT2D eigenvalue weighted by Crippen LogP contribution is -2.15. The van der Waals surface area contributed by atoms with E-state index in [1.165, 1.54) is 25.7 Å². The Morgan fingerprint density at radius 3 is 1.17 bits per heavy atom. The summed E-state index contributed by atoms with van der Waals surface area (Å²) in [5.74, 6) is 1.32. The number of rotatable bonds is 10. The molecule has 0 bridgehead atoms. The van der Waals surface area contributed by atoms with E-state index in [-0.39, 0.29) is 0 Å². The van der Waals surface area contributed by atoms with E-state index in [0.717, 1.165) is 39.0 Å². The Kier molecular flexibility index (Phi) is 18.9. The molecule has 0 saturated carbocycles. The van der Waals surface area contributed by atoms with Crippen molar-refractivity contribution in [2.75, 3.05) is 26.2 Å². The van der Waals surface area contributed by atoms with Crippen LogP contribution in [0.15, 0.2) is 0 Å². The van der Waals surface area contributed by atoms with Gasteiger partial charge in [-0.05, 0) is 63.7 Å². The normalized spacial score (nSPS) is 13.7. The second-order valence-corrected chi connectivity index (χ2v) is 5.25. The molecule has 0 fully saturated rings. The Labute approximate surface area is 114 Å². The van der Waals surface area contributed by atoms with E-state index < -0.39 is 0 Å². The van der Waals surface area contributed by atoms with E-state index in [0.29, 0.717) is 11.8 Å². The van der Waals surface area contributed by atoms with Crippen molar-refractivity contribution in [1.82, 2.24) is 0 Å². The highest BCUT2D eigenvalue weighted by Crippen LogP contribution is 2.09. The molecule has 0 aromatic heterocycles. The molecule has 0 aliphatic carbocycles. The Morgan fingerprint density at radius 2 is 0.944 bits per heavy atom. The molecule has 2 unspecified atom stereocenters. The van der Waals surface area contributed by atoms with Crippen molar-refractivity contribution in [3.05, 3.63) is 0 Å². The van der Waals surface area contributed by atoms with Crippen molar-refractivity contribution < 1.29 is 0 Å². The summed E-state index contributed by atoms with van der Waals surface area (Å²) in [5.41, 5.74) is 21.5. The topological polar surface area (TPSA) is 104 Å². The van der Waals surface area contributed by atoms with Crippen LogP contribution in [0, 0.1) is 11.8 Å². The lowest BCUT2D eigenvalue weighted by atomic mass is 9.98. The van der Waals surface area contributed by atoms with Gasteiger partial charge < -0.3 is 22.9 Å². The first kappa shape index (κ1) is 20.2. The van der Waals surface area contributed by atoms with Gasteiger partial charge in [-0.25, -0.2) is 0 Å². The summed E-state index contributed by atoms with van der Waals surface area (Å²) >= 11 is 0. The first-order valence-electron chi connectivity index (χ1n) is 7.42. The summed E-state index contributed by atoms with van der Waals surface area (Å²) in [6, 6.07) is 0. The number of unbranched alkanes of at least 4 members (excludes halogenated alkanes) is 3. The smallest absolute Gasteiger partial charge is 0.00515 e. The predicted octanol–water partition coefficient (Wildman–Crippen LogP) is 1.42. The number of hydrogen-bond donors (Lipinski definition) is 4. The van der Waals surface area contributed by atoms with Crippen LogP contribution in [0.25, 0.3) is 0 Å². The van der Waals surface area contributed by atoms with Crippen molar-refractivity contribution in [2.24, 2.45) is 34.8 Å². The molecule has 4 nitrogen and oxygen atoms in total. The molecule has 0 heterocycles. The van der Waals surface area contributed by atoms with Gasteiger partial charge in [-0.3, -0.25) is 0 Å². The minimum absolute atomic E-state index is 0.661. The molecule has 2 atom stereocenters. The highest BCUT2D eigenvalue weighted by Gasteiger charge is 2.02. The Balaban J connectivity index is 0. The van der Waals surface area contributed by atoms with Gasteiger partial charge in [-0.1, -0.05) is 26.7 Å². The molecule has 0 amide bonds. The maximum Gasteiger partial charge on any atom is -0.00515 e. The van der Waals surface area contributed by atoms with Crippen molar-refractivity contribution in [3.63, 3.8) is 0 Å². The van der Waals surface area contributed by atoms with Crippen LogP contribution in [0.5, 0.6) is 0 Å². The molecule has 8 N–H and O–H groups in total. The standard InChI is InChI=1S/C8H20N2.C6H16N2/c1-7(5-9)3-4-8(2)6-10;7-5-3-1-2-4-6-8/h7-8H,3-6,9-10H2,1-2H3;1-8H2. The van der Waals surface area contributed by atoms with E-state index in [1.54, 1.807) is 0 Å². The summed E-state index contributed by atoms with van der Waals surface area (Å²) in [6.07, 6.45) is 7.23. The summed E-state index contributed by atoms with van der Waals surface area (Å²) in [7, 11) is 0. The third-order valence-corrected chi connectivity index (χ3v) is 3.12. The fraction of sp³-hybridized carbons (Fsp3) is 1.00. The van der Waals surface area contributed by atoms with E-state index in [1.807, 2.05) is 0 Å². The number of nitrogens with two attached hydrogens (primary N) is 4. The maximum absolute atomic E-state index is 5.47. The minimum atomic E-state index is 0.661. The van der Waals surface area contributed by atoms with Gasteiger partial charge in [0.25, 0.3) is 0 Å². The zero-order chi connectivity index (χ0) is 14.2. The zero-order valence-electron chi connectivity index (χ0n) is 12.5. The van der Waals surface area contributed by atoms with Crippen LogP contribution in [0.1, 0.15) is 52.4 Å². The van der Waals surface area contributed by atoms with Crippen LogP contribution in [0.4, 0.5) is 0 Å². The molecule has 0 rings (SSSR count). The third-order valence-electron chi connectivity index (χ3n) is 3.12. The predicted molar refractivity (Wildman–Crippen MR) is 82.2 cm³/mol. The van der Waals surface area contributed by atoms with Gasteiger partial charge in [0.2, 0.25) is 0 Å². The summed E-state index contributed by atoms with van der Waals surface area (Å²) in [6.45, 7) is 7.62. The molecule has 0 aromatic rings. The molecule has 18 heavy (non-hydrogen) atoms. The molecule has 4 heteroatoms. The van der Waals surface area contributed by atoms with Crippen LogP contribution in [0.3, 0.4) is 0 Å². The minimum Gasteiger partial charge on any atom is -0.330 e. The third kappa shape index (κ3) is 18.2. The molecule has 112 valence electrons. The Morgan fingerprint density at radius 1 is 0.611 bits per heavy atom. The van der Waals surface area contributed by atoms with Crippen LogP contribution >= 0.6 is 0 Å². The summed E-state index contributed by atoms with van der Waals surface area (Å²) in [5, 5.41) is 0. The lowest BCUT2D eigenvalue weighted by molar-refractivity contribution is 0.441. The quantitative estimate of drug-likeness (QED) is 0.446. The van der Waals surface area contributed by atoms with Gasteiger partial charge in [0, 0.05) is 0 Å². The average molecular weight is 260 g/mol. The van der Waals surface area contributed by atoms with Gasteiger partial charge >= 0.3 is 0 Å². The molecule has 0 radical (unpaired) electrons. The van der Waals surface area contributed by atoms with E-state index in [2.05, 4.69) is 13.8 Å². The van der Waals surface area contributed by atoms with E-state index in [4.69, 9.17) is 22.9 Å². The monoisotopic (exact) mass is 260 g/mol. The largest absolute Gasteiger partial charge is 0.330 e. The molecular weight excluding hydrogens is 224 g/mol. The van der Waals surface area contributed by atoms with Gasteiger partial charge in [0.1, 0.15) is 0 Å². The molecular formula is C14H36N4. The van der Waals surface area contributed by atoms with Crippen LogP contribution < -0.4 is 22.9 Å². The van der Waals surface area contributed by atoms with Gasteiger partial charge in [-0.2, -0.15) is 0 Å². The van der Waals surface area contributed by atoms with Crippen molar-refractivity contribution in [1.29, 1.82) is 0 Å². The highest BCUT2D eigenvalue weighted by molar-refractivity contribution is 4.58. The lowest BCUT2D eigenvalue weighted by Gasteiger charge is -2.11. The van der Waals surface area contributed by atoms with Crippen LogP contribution in [0.2, 0.25) is 0 Å². The molecule has 0 aliphatic rings. The number of hydrogen-bond acceptors (Lipinski definition) is 4. The molecule has 0 saturated heterocycles. The zero-order valence-corrected chi connectivity index (χ0v) is 12.5. The van der Waals surface area contributed by atoms with Crippen molar-refractivity contribution in [3.8, 4) is 0 Å². The first-order chi connectivity index (χ1) is 8.62. The van der Waals surface area contributed by atoms with E-state index >= 15 is 0 Å². The second kappa shape index (κ2) is 16.8. The average Bonchev–Trinajstić information content (AvgIpc) is 2.41. The fourth-order valence-corrected chi connectivity index (χ4v) is 1.45.